The van der Waals surface area contributed by atoms with Crippen molar-refractivity contribution in [3.63, 3.8) is 0 Å². The number of fused-ring (bicyclic) bond motifs is 1. The number of para-hydroxylation sites is 1. The molecule has 2 heterocycles. The summed E-state index contributed by atoms with van der Waals surface area (Å²) in [7, 11) is 1.51. The molecule has 4 rings (SSSR count). The molecule has 128 valence electrons. The molecule has 26 heavy (non-hydrogen) atoms. The zero-order valence-electron chi connectivity index (χ0n) is 14.0. The summed E-state index contributed by atoms with van der Waals surface area (Å²) >= 11 is 0. The standard InChI is InChI=1S/C20H16N4O2/c1-26-18-9-8-14(11-17(18)25)22-20-15-6-2-3-7-16(15)23-19(24-20)13-5-4-10-21-12-13/h2-12,25H,1H3,(H,22,23,24). The molecule has 6 heteroatoms. The summed E-state index contributed by atoms with van der Waals surface area (Å²) < 4.78 is 5.09. The normalized spacial score (nSPS) is 10.7. The van der Waals surface area contributed by atoms with Crippen molar-refractivity contribution in [2.45, 2.75) is 0 Å². The summed E-state index contributed by atoms with van der Waals surface area (Å²) in [5.41, 5.74) is 2.35. The van der Waals surface area contributed by atoms with Crippen molar-refractivity contribution < 1.29 is 9.84 Å². The Kier molecular flexibility index (Phi) is 4.07. The highest BCUT2D eigenvalue weighted by Gasteiger charge is 2.11. The Labute approximate surface area is 150 Å². The number of hydrogen-bond donors (Lipinski definition) is 2. The number of phenols is 1. The third kappa shape index (κ3) is 3.00. The molecular weight excluding hydrogens is 328 g/mol. The van der Waals surface area contributed by atoms with E-state index in [0.29, 0.717) is 23.1 Å². The zero-order valence-corrected chi connectivity index (χ0v) is 14.0. The van der Waals surface area contributed by atoms with Crippen molar-refractivity contribution in [1.82, 2.24) is 15.0 Å². The Morgan fingerprint density at radius 1 is 1.00 bits per heavy atom. The number of ether oxygens (including phenoxy) is 1. The summed E-state index contributed by atoms with van der Waals surface area (Å²) in [6, 6.07) is 16.6. The van der Waals surface area contributed by atoms with E-state index in [1.807, 2.05) is 42.5 Å². The van der Waals surface area contributed by atoms with Crippen LogP contribution in [0, 0.1) is 0 Å². The van der Waals surface area contributed by atoms with Gasteiger partial charge in [-0.2, -0.15) is 0 Å². The van der Waals surface area contributed by atoms with Gasteiger partial charge >= 0.3 is 0 Å². The number of nitrogens with one attached hydrogen (secondary N) is 1. The third-order valence-corrected chi connectivity index (χ3v) is 3.96. The van der Waals surface area contributed by atoms with E-state index < -0.39 is 0 Å². The maximum atomic E-state index is 10.0. The van der Waals surface area contributed by atoms with Gasteiger partial charge in [-0.05, 0) is 36.4 Å². The van der Waals surface area contributed by atoms with Crippen LogP contribution in [0.25, 0.3) is 22.3 Å². The number of pyridine rings is 1. The van der Waals surface area contributed by atoms with Gasteiger partial charge in [-0.3, -0.25) is 4.98 Å². The first-order valence-electron chi connectivity index (χ1n) is 8.06. The van der Waals surface area contributed by atoms with Crippen LogP contribution >= 0.6 is 0 Å². The quantitative estimate of drug-likeness (QED) is 0.579. The van der Waals surface area contributed by atoms with Crippen LogP contribution in [0.4, 0.5) is 11.5 Å². The Morgan fingerprint density at radius 2 is 1.88 bits per heavy atom. The highest BCUT2D eigenvalue weighted by atomic mass is 16.5. The molecule has 0 aliphatic heterocycles. The molecular formula is C20H16N4O2. The minimum absolute atomic E-state index is 0.0587. The Hall–Kier alpha value is -3.67. The van der Waals surface area contributed by atoms with Gasteiger partial charge in [-0.15, -0.1) is 0 Å². The first-order chi connectivity index (χ1) is 12.7. The molecule has 2 aromatic heterocycles. The Bertz CT molecular complexity index is 1070. The van der Waals surface area contributed by atoms with Gasteiger partial charge in [0.1, 0.15) is 5.82 Å². The average Bonchev–Trinajstić information content (AvgIpc) is 2.69. The minimum Gasteiger partial charge on any atom is -0.504 e. The van der Waals surface area contributed by atoms with Crippen LogP contribution in [0.15, 0.2) is 67.0 Å². The predicted molar refractivity (Wildman–Crippen MR) is 101 cm³/mol. The van der Waals surface area contributed by atoms with Crippen LogP contribution in [0.5, 0.6) is 11.5 Å². The van der Waals surface area contributed by atoms with Gasteiger partial charge in [0.05, 0.1) is 12.6 Å². The SMILES string of the molecule is COc1ccc(Nc2nc(-c3cccnc3)nc3ccccc23)cc1O. The molecule has 0 fully saturated rings. The highest BCUT2D eigenvalue weighted by Crippen LogP contribution is 2.32. The molecule has 2 N–H and O–H groups in total. The number of benzene rings is 2. The van der Waals surface area contributed by atoms with Crippen LogP contribution in [-0.4, -0.2) is 27.2 Å². The van der Waals surface area contributed by atoms with Crippen LogP contribution < -0.4 is 10.1 Å². The smallest absolute Gasteiger partial charge is 0.163 e. The Balaban J connectivity index is 1.82. The van der Waals surface area contributed by atoms with Gasteiger partial charge in [0, 0.05) is 35.1 Å². The summed E-state index contributed by atoms with van der Waals surface area (Å²) in [5.74, 6) is 1.71. The molecule has 0 aliphatic carbocycles. The van der Waals surface area contributed by atoms with Crippen LogP contribution in [0.2, 0.25) is 0 Å². The highest BCUT2D eigenvalue weighted by molar-refractivity contribution is 5.92. The molecule has 0 spiro atoms. The van der Waals surface area contributed by atoms with Gasteiger partial charge in [-0.1, -0.05) is 12.1 Å². The maximum Gasteiger partial charge on any atom is 0.163 e. The number of aromatic hydroxyl groups is 1. The van der Waals surface area contributed by atoms with Crippen LogP contribution in [0.3, 0.4) is 0 Å². The molecule has 0 aliphatic rings. The van der Waals surface area contributed by atoms with Gasteiger partial charge < -0.3 is 15.2 Å². The summed E-state index contributed by atoms with van der Waals surface area (Å²) in [6.45, 7) is 0. The second-order valence-electron chi connectivity index (χ2n) is 5.67. The lowest BCUT2D eigenvalue weighted by molar-refractivity contribution is 0.373. The number of anilines is 2. The largest absolute Gasteiger partial charge is 0.504 e. The first-order valence-corrected chi connectivity index (χ1v) is 8.06. The number of aromatic nitrogens is 3. The molecule has 0 amide bonds. The summed E-state index contributed by atoms with van der Waals surface area (Å²) in [4.78, 5) is 13.4. The Morgan fingerprint density at radius 3 is 2.65 bits per heavy atom. The van der Waals surface area contributed by atoms with Gasteiger partial charge in [0.15, 0.2) is 17.3 Å². The fraction of sp³-hybridized carbons (Fsp3) is 0.0500. The monoisotopic (exact) mass is 344 g/mol. The van der Waals surface area contributed by atoms with E-state index in [0.717, 1.165) is 16.5 Å². The van der Waals surface area contributed by atoms with Crippen LogP contribution in [-0.2, 0) is 0 Å². The average molecular weight is 344 g/mol. The van der Waals surface area contributed by atoms with Crippen LogP contribution in [0.1, 0.15) is 0 Å². The topological polar surface area (TPSA) is 80.2 Å². The van der Waals surface area contributed by atoms with Crippen molar-refractivity contribution in [3.05, 3.63) is 67.0 Å². The summed E-state index contributed by atoms with van der Waals surface area (Å²) in [5, 5.41) is 14.2. The molecule has 0 saturated carbocycles. The van der Waals surface area contributed by atoms with E-state index in [1.54, 1.807) is 24.5 Å². The molecule has 6 nitrogen and oxygen atoms in total. The van der Waals surface area contributed by atoms with Crippen molar-refractivity contribution in [3.8, 4) is 22.9 Å². The van der Waals surface area contributed by atoms with Crippen molar-refractivity contribution in [2.75, 3.05) is 12.4 Å². The lowest BCUT2D eigenvalue weighted by Gasteiger charge is -2.12. The molecule has 4 aromatic rings. The van der Waals surface area contributed by atoms with Gasteiger partial charge in [0.25, 0.3) is 0 Å². The fourth-order valence-corrected chi connectivity index (χ4v) is 2.70. The number of nitrogens with zero attached hydrogens (tertiary/aromatic N) is 3. The molecule has 0 bridgehead atoms. The first kappa shape index (κ1) is 15.8. The van der Waals surface area contributed by atoms with E-state index >= 15 is 0 Å². The number of phenolic OH excluding ortho intramolecular Hbond substituents is 1. The second-order valence-corrected chi connectivity index (χ2v) is 5.67. The van der Waals surface area contributed by atoms with E-state index in [1.165, 1.54) is 7.11 Å². The maximum absolute atomic E-state index is 10.0. The van der Waals surface area contributed by atoms with E-state index in [-0.39, 0.29) is 5.75 Å². The number of methoxy groups -OCH3 is 1. The van der Waals surface area contributed by atoms with E-state index in [2.05, 4.69) is 20.3 Å². The molecule has 0 saturated heterocycles. The second kappa shape index (κ2) is 6.68. The number of hydrogen-bond acceptors (Lipinski definition) is 6. The number of rotatable bonds is 4. The van der Waals surface area contributed by atoms with E-state index in [9.17, 15) is 5.11 Å². The minimum atomic E-state index is 0.0587. The molecule has 0 radical (unpaired) electrons. The van der Waals surface area contributed by atoms with E-state index in [4.69, 9.17) is 4.74 Å². The molecule has 0 unspecified atom stereocenters. The zero-order chi connectivity index (χ0) is 17.9. The predicted octanol–water partition coefficient (Wildman–Crippen LogP) is 4.15. The van der Waals surface area contributed by atoms with Crippen molar-refractivity contribution in [2.24, 2.45) is 0 Å². The third-order valence-electron chi connectivity index (χ3n) is 3.96. The summed E-state index contributed by atoms with van der Waals surface area (Å²) in [6.07, 6.45) is 3.44. The van der Waals surface area contributed by atoms with Gasteiger partial charge in [0.2, 0.25) is 0 Å². The van der Waals surface area contributed by atoms with Crippen molar-refractivity contribution >= 4 is 22.4 Å². The lowest BCUT2D eigenvalue weighted by Crippen LogP contribution is -1.99. The van der Waals surface area contributed by atoms with Crippen molar-refractivity contribution in [1.29, 1.82) is 0 Å². The molecule has 0 atom stereocenters. The van der Waals surface area contributed by atoms with Gasteiger partial charge in [-0.25, -0.2) is 9.97 Å². The lowest BCUT2D eigenvalue weighted by atomic mass is 10.2. The fourth-order valence-electron chi connectivity index (χ4n) is 2.70. The molecule has 2 aromatic carbocycles.